The van der Waals surface area contributed by atoms with E-state index < -0.39 is 0 Å². The first-order valence-electron chi connectivity index (χ1n) is 4.07. The third kappa shape index (κ3) is 0.870. The number of amides is 2. The fourth-order valence-electron chi connectivity index (χ4n) is 2.15. The molecule has 1 aliphatic heterocycles. The Morgan fingerprint density at radius 2 is 1.82 bits per heavy atom. The number of nitrogens with one attached hydrogen (secondary N) is 1. The molecule has 2 aliphatic rings. The second kappa shape index (κ2) is 2.06. The smallest absolute Gasteiger partial charge is 0.233 e. The van der Waals surface area contributed by atoms with Gasteiger partial charge in [0, 0.05) is 6.42 Å². The highest BCUT2D eigenvalue weighted by Gasteiger charge is 2.47. The van der Waals surface area contributed by atoms with Crippen LogP contribution >= 0.6 is 0 Å². The predicted molar refractivity (Wildman–Crippen MR) is 38.7 cm³/mol. The number of rotatable bonds is 0. The summed E-state index contributed by atoms with van der Waals surface area (Å²) < 4.78 is 0. The van der Waals surface area contributed by atoms with Crippen LogP contribution in [0.2, 0.25) is 0 Å². The Hall–Kier alpha value is -0.860. The van der Waals surface area contributed by atoms with Crippen LogP contribution in [0.3, 0.4) is 0 Å². The van der Waals surface area contributed by atoms with Crippen molar-refractivity contribution in [2.24, 2.45) is 5.41 Å². The molecule has 1 saturated heterocycles. The number of hydrogen-bond donors (Lipinski definition) is 1. The summed E-state index contributed by atoms with van der Waals surface area (Å²) in [6.07, 6.45) is 4.45. The minimum absolute atomic E-state index is 0.0278. The van der Waals surface area contributed by atoms with E-state index in [1.54, 1.807) is 0 Å². The molecular weight excluding hydrogens is 142 g/mol. The Morgan fingerprint density at radius 3 is 2.27 bits per heavy atom. The Morgan fingerprint density at radius 1 is 1.18 bits per heavy atom. The standard InChI is InChI=1S/C8H11NO2/c10-6-5-8(7(11)9-6)3-1-2-4-8/h1-5H2,(H,9,10,11). The summed E-state index contributed by atoms with van der Waals surface area (Å²) >= 11 is 0. The Labute approximate surface area is 65.2 Å². The highest BCUT2D eigenvalue weighted by molar-refractivity contribution is 6.05. The number of carbonyl (C=O) groups excluding carboxylic acids is 2. The molecule has 2 amide bonds. The predicted octanol–water partition coefficient (Wildman–Crippen LogP) is 0.593. The van der Waals surface area contributed by atoms with Crippen LogP contribution in [0, 0.1) is 5.41 Å². The molecule has 3 heteroatoms. The summed E-state index contributed by atoms with van der Waals surface area (Å²) in [6, 6.07) is 0. The molecule has 0 atom stereocenters. The van der Waals surface area contributed by atoms with E-state index >= 15 is 0 Å². The van der Waals surface area contributed by atoms with E-state index in [-0.39, 0.29) is 17.2 Å². The minimum Gasteiger partial charge on any atom is -0.296 e. The summed E-state index contributed by atoms with van der Waals surface area (Å²) in [5, 5.41) is 2.37. The van der Waals surface area contributed by atoms with Crippen LogP contribution in [0.5, 0.6) is 0 Å². The summed E-state index contributed by atoms with van der Waals surface area (Å²) in [7, 11) is 0. The van der Waals surface area contributed by atoms with Crippen LogP contribution in [0.15, 0.2) is 0 Å². The summed E-state index contributed by atoms with van der Waals surface area (Å²) in [5.74, 6) is -0.114. The van der Waals surface area contributed by atoms with Crippen LogP contribution in [0.1, 0.15) is 32.1 Å². The fraction of sp³-hybridized carbons (Fsp3) is 0.750. The van der Waals surface area contributed by atoms with Crippen molar-refractivity contribution in [2.45, 2.75) is 32.1 Å². The van der Waals surface area contributed by atoms with E-state index in [0.29, 0.717) is 6.42 Å². The molecular formula is C8H11NO2. The van der Waals surface area contributed by atoms with Gasteiger partial charge in [0.2, 0.25) is 11.8 Å². The molecule has 2 fully saturated rings. The second-order valence-electron chi connectivity index (χ2n) is 3.54. The van der Waals surface area contributed by atoms with Crippen molar-refractivity contribution in [1.82, 2.24) is 5.32 Å². The van der Waals surface area contributed by atoms with E-state index in [2.05, 4.69) is 5.32 Å². The maximum absolute atomic E-state index is 11.3. The first kappa shape index (κ1) is 6.83. The van der Waals surface area contributed by atoms with Gasteiger partial charge >= 0.3 is 0 Å². The van der Waals surface area contributed by atoms with Crippen LogP contribution in [-0.2, 0) is 9.59 Å². The third-order valence-electron chi connectivity index (χ3n) is 2.79. The third-order valence-corrected chi connectivity index (χ3v) is 2.79. The molecule has 11 heavy (non-hydrogen) atoms. The SMILES string of the molecule is O=C1CC2(CCCC2)C(=O)N1. The number of carbonyl (C=O) groups is 2. The van der Waals surface area contributed by atoms with Crippen LogP contribution < -0.4 is 5.32 Å². The second-order valence-corrected chi connectivity index (χ2v) is 3.54. The van der Waals surface area contributed by atoms with Crippen LogP contribution in [0.4, 0.5) is 0 Å². The van der Waals surface area contributed by atoms with Crippen molar-refractivity contribution < 1.29 is 9.59 Å². The van der Waals surface area contributed by atoms with Crippen molar-refractivity contribution in [3.63, 3.8) is 0 Å². The summed E-state index contributed by atoms with van der Waals surface area (Å²) in [4.78, 5) is 22.2. The van der Waals surface area contributed by atoms with Crippen molar-refractivity contribution in [3.8, 4) is 0 Å². The first-order valence-corrected chi connectivity index (χ1v) is 4.07. The molecule has 0 aromatic heterocycles. The fourth-order valence-corrected chi connectivity index (χ4v) is 2.15. The molecule has 0 aromatic carbocycles. The topological polar surface area (TPSA) is 46.2 Å². The maximum Gasteiger partial charge on any atom is 0.233 e. The molecule has 0 bridgehead atoms. The van der Waals surface area contributed by atoms with Gasteiger partial charge in [-0.25, -0.2) is 0 Å². The molecule has 1 aliphatic carbocycles. The highest BCUT2D eigenvalue weighted by Crippen LogP contribution is 2.43. The molecule has 0 unspecified atom stereocenters. The van der Waals surface area contributed by atoms with E-state index in [9.17, 15) is 9.59 Å². The van der Waals surface area contributed by atoms with E-state index in [1.807, 2.05) is 0 Å². The molecule has 0 radical (unpaired) electrons. The van der Waals surface area contributed by atoms with Gasteiger partial charge in [0.25, 0.3) is 0 Å². The van der Waals surface area contributed by atoms with Crippen LogP contribution in [-0.4, -0.2) is 11.8 Å². The largest absolute Gasteiger partial charge is 0.296 e. The lowest BCUT2D eigenvalue weighted by Gasteiger charge is -2.15. The summed E-state index contributed by atoms with van der Waals surface area (Å²) in [5.41, 5.74) is -0.281. The van der Waals surface area contributed by atoms with Crippen molar-refractivity contribution >= 4 is 11.8 Å². The number of hydrogen-bond acceptors (Lipinski definition) is 2. The van der Waals surface area contributed by atoms with Gasteiger partial charge in [0.05, 0.1) is 5.41 Å². The van der Waals surface area contributed by atoms with E-state index in [4.69, 9.17) is 0 Å². The molecule has 0 aromatic rings. The molecule has 3 nitrogen and oxygen atoms in total. The quantitative estimate of drug-likeness (QED) is 0.518. The molecule has 1 saturated carbocycles. The van der Waals surface area contributed by atoms with E-state index in [0.717, 1.165) is 25.7 Å². The first-order chi connectivity index (χ1) is 5.23. The van der Waals surface area contributed by atoms with Gasteiger partial charge in [-0.3, -0.25) is 14.9 Å². The molecule has 60 valence electrons. The Balaban J connectivity index is 2.24. The summed E-state index contributed by atoms with van der Waals surface area (Å²) in [6.45, 7) is 0. The van der Waals surface area contributed by atoms with Crippen molar-refractivity contribution in [1.29, 1.82) is 0 Å². The molecule has 1 spiro atoms. The zero-order valence-electron chi connectivity index (χ0n) is 6.35. The average molecular weight is 153 g/mol. The van der Waals surface area contributed by atoms with E-state index in [1.165, 1.54) is 0 Å². The van der Waals surface area contributed by atoms with Crippen LogP contribution in [0.25, 0.3) is 0 Å². The number of imide groups is 1. The Kier molecular flexibility index (Phi) is 1.28. The lowest BCUT2D eigenvalue weighted by atomic mass is 9.85. The molecule has 1 heterocycles. The lowest BCUT2D eigenvalue weighted by molar-refractivity contribution is -0.128. The maximum atomic E-state index is 11.3. The average Bonchev–Trinajstić information content (AvgIpc) is 2.45. The van der Waals surface area contributed by atoms with Gasteiger partial charge in [-0.05, 0) is 12.8 Å². The zero-order valence-corrected chi connectivity index (χ0v) is 6.35. The monoisotopic (exact) mass is 153 g/mol. The van der Waals surface area contributed by atoms with Crippen molar-refractivity contribution in [2.75, 3.05) is 0 Å². The van der Waals surface area contributed by atoms with Gasteiger partial charge in [0.1, 0.15) is 0 Å². The molecule has 2 rings (SSSR count). The van der Waals surface area contributed by atoms with Gasteiger partial charge < -0.3 is 0 Å². The van der Waals surface area contributed by atoms with Gasteiger partial charge in [0.15, 0.2) is 0 Å². The highest BCUT2D eigenvalue weighted by atomic mass is 16.2. The van der Waals surface area contributed by atoms with Gasteiger partial charge in [-0.1, -0.05) is 12.8 Å². The van der Waals surface area contributed by atoms with Gasteiger partial charge in [-0.2, -0.15) is 0 Å². The molecule has 1 N–H and O–H groups in total. The zero-order chi connectivity index (χ0) is 7.90. The minimum atomic E-state index is -0.281. The van der Waals surface area contributed by atoms with Gasteiger partial charge in [-0.15, -0.1) is 0 Å². The normalized spacial score (nSPS) is 28.0. The Bertz CT molecular complexity index is 216. The van der Waals surface area contributed by atoms with Crippen molar-refractivity contribution in [3.05, 3.63) is 0 Å². The lowest BCUT2D eigenvalue weighted by Crippen LogP contribution is -2.28.